The van der Waals surface area contributed by atoms with Gasteiger partial charge in [-0.15, -0.1) is 0 Å². The standard InChI is InChI=1S/C3H5N3.BH3/c4-6-2-1-5-3-6;/h1-3H,4H2;1H3. The largest absolute Gasteiger partial charge is 0.338 e. The molecule has 0 saturated carbocycles. The van der Waals surface area contributed by atoms with E-state index in [-0.39, 0.29) is 8.41 Å². The molecule has 0 aliphatic carbocycles. The Kier molecular flexibility index (Phi) is 1.98. The van der Waals surface area contributed by atoms with Crippen molar-refractivity contribution in [1.29, 1.82) is 0 Å². The molecule has 4 heteroatoms. The van der Waals surface area contributed by atoms with Gasteiger partial charge in [-0.1, -0.05) is 0 Å². The van der Waals surface area contributed by atoms with Gasteiger partial charge in [0.15, 0.2) is 0 Å². The fourth-order valence-electron chi connectivity index (χ4n) is 0.269. The second kappa shape index (κ2) is 2.28. The van der Waals surface area contributed by atoms with Crippen molar-refractivity contribution < 1.29 is 0 Å². The topological polar surface area (TPSA) is 43.8 Å². The molecule has 0 bridgehead atoms. The highest BCUT2D eigenvalue weighted by molar-refractivity contribution is 5.75. The predicted molar refractivity (Wildman–Crippen MR) is 32.3 cm³/mol. The van der Waals surface area contributed by atoms with Crippen LogP contribution in [0.15, 0.2) is 18.7 Å². The van der Waals surface area contributed by atoms with Gasteiger partial charge in [0.25, 0.3) is 0 Å². The number of nitrogens with two attached hydrogens (primary N) is 1. The number of hydrogen-bond acceptors (Lipinski definition) is 2. The lowest BCUT2D eigenvalue weighted by Crippen LogP contribution is -2.02. The first-order valence-electron chi connectivity index (χ1n) is 1.62. The summed E-state index contributed by atoms with van der Waals surface area (Å²) in [5.41, 5.74) is 0. The Labute approximate surface area is 43.7 Å². The molecule has 7 heavy (non-hydrogen) atoms. The minimum absolute atomic E-state index is 0. The highest BCUT2D eigenvalue weighted by Crippen LogP contribution is 1.69. The lowest BCUT2D eigenvalue weighted by Gasteiger charge is -1.78. The molecule has 0 atom stereocenters. The Morgan fingerprint density at radius 3 is 2.43 bits per heavy atom. The molecule has 3 nitrogen and oxygen atoms in total. The third-order valence-electron chi connectivity index (χ3n) is 0.525. The maximum atomic E-state index is 5.13. The van der Waals surface area contributed by atoms with Gasteiger partial charge in [0.1, 0.15) is 6.33 Å². The van der Waals surface area contributed by atoms with E-state index in [4.69, 9.17) is 5.84 Å². The van der Waals surface area contributed by atoms with E-state index >= 15 is 0 Å². The summed E-state index contributed by atoms with van der Waals surface area (Å²) in [6.45, 7) is 0. The molecular weight excluding hydrogens is 88.9 g/mol. The molecule has 0 aliphatic rings. The summed E-state index contributed by atoms with van der Waals surface area (Å²) in [5.74, 6) is 5.13. The number of rotatable bonds is 0. The molecule has 1 aromatic rings. The van der Waals surface area contributed by atoms with Crippen LogP contribution >= 0.6 is 0 Å². The molecule has 0 aliphatic heterocycles. The maximum Gasteiger partial charge on any atom is 0.114 e. The van der Waals surface area contributed by atoms with Gasteiger partial charge < -0.3 is 5.84 Å². The predicted octanol–water partition coefficient (Wildman–Crippen LogP) is -1.59. The van der Waals surface area contributed by atoms with Crippen molar-refractivity contribution >= 4 is 8.41 Å². The zero-order chi connectivity index (χ0) is 4.41. The van der Waals surface area contributed by atoms with Crippen LogP contribution in [0.2, 0.25) is 0 Å². The Morgan fingerprint density at radius 2 is 2.29 bits per heavy atom. The van der Waals surface area contributed by atoms with Crippen molar-refractivity contribution in [1.82, 2.24) is 9.66 Å². The van der Waals surface area contributed by atoms with Gasteiger partial charge in [-0.3, -0.25) is 4.68 Å². The summed E-state index contributed by atoms with van der Waals surface area (Å²) in [6.07, 6.45) is 4.82. The van der Waals surface area contributed by atoms with Crippen LogP contribution in [0.3, 0.4) is 0 Å². The molecule has 0 fully saturated rings. The van der Waals surface area contributed by atoms with Gasteiger partial charge in [-0.25, -0.2) is 4.98 Å². The first kappa shape index (κ1) is 6.07. The maximum absolute atomic E-state index is 5.13. The molecule has 38 valence electrons. The van der Waals surface area contributed by atoms with Crippen LogP contribution in [-0.4, -0.2) is 18.1 Å². The summed E-state index contributed by atoms with van der Waals surface area (Å²) in [4.78, 5) is 3.66. The van der Waals surface area contributed by atoms with Crippen molar-refractivity contribution in [3.05, 3.63) is 18.7 Å². The van der Waals surface area contributed by atoms with E-state index in [0.717, 1.165) is 0 Å². The fourth-order valence-corrected chi connectivity index (χ4v) is 0.269. The van der Waals surface area contributed by atoms with Crippen molar-refractivity contribution in [2.45, 2.75) is 0 Å². The van der Waals surface area contributed by atoms with E-state index in [0.29, 0.717) is 0 Å². The third-order valence-corrected chi connectivity index (χ3v) is 0.525. The van der Waals surface area contributed by atoms with Crippen LogP contribution in [0.1, 0.15) is 0 Å². The van der Waals surface area contributed by atoms with Crippen molar-refractivity contribution in [3.8, 4) is 0 Å². The molecule has 0 amide bonds. The summed E-state index contributed by atoms with van der Waals surface area (Å²) in [6, 6.07) is 0. The first-order valence-corrected chi connectivity index (χ1v) is 1.62. The number of nitrogens with zero attached hydrogens (tertiary/aromatic N) is 2. The van der Waals surface area contributed by atoms with Gasteiger partial charge in [-0.05, 0) is 0 Å². The van der Waals surface area contributed by atoms with Gasteiger partial charge in [0.05, 0.1) is 8.41 Å². The molecule has 0 aromatic carbocycles. The van der Waals surface area contributed by atoms with Crippen molar-refractivity contribution in [2.75, 3.05) is 5.84 Å². The van der Waals surface area contributed by atoms with Crippen LogP contribution in [0.25, 0.3) is 0 Å². The quantitative estimate of drug-likeness (QED) is 0.313. The van der Waals surface area contributed by atoms with Gasteiger partial charge in [0.2, 0.25) is 0 Å². The second-order valence-electron chi connectivity index (χ2n) is 1.01. The van der Waals surface area contributed by atoms with E-state index in [1.807, 2.05) is 0 Å². The third kappa shape index (κ3) is 1.30. The first-order chi connectivity index (χ1) is 2.89. The van der Waals surface area contributed by atoms with E-state index < -0.39 is 0 Å². The Balaban J connectivity index is 0.000000360. The minimum atomic E-state index is 0. The van der Waals surface area contributed by atoms with Crippen LogP contribution in [0.4, 0.5) is 0 Å². The van der Waals surface area contributed by atoms with Crippen LogP contribution in [0.5, 0.6) is 0 Å². The van der Waals surface area contributed by atoms with Crippen LogP contribution < -0.4 is 5.84 Å². The lowest BCUT2D eigenvalue weighted by molar-refractivity contribution is 1.00. The number of hydrogen-bond donors (Lipinski definition) is 1. The van der Waals surface area contributed by atoms with Gasteiger partial charge in [-0.2, -0.15) is 0 Å². The van der Waals surface area contributed by atoms with Crippen molar-refractivity contribution in [2.24, 2.45) is 0 Å². The SMILES string of the molecule is B.Nn1ccnc1. The minimum Gasteiger partial charge on any atom is -0.338 e. The number of nitrogen functional groups attached to an aromatic ring is 1. The molecule has 0 spiro atoms. The summed E-state index contributed by atoms with van der Waals surface area (Å²) >= 11 is 0. The highest BCUT2D eigenvalue weighted by atomic mass is 15.3. The average Bonchev–Trinajstić information content (AvgIpc) is 1.86. The smallest absolute Gasteiger partial charge is 0.114 e. The molecule has 1 aromatic heterocycles. The molecule has 2 N–H and O–H groups in total. The molecule has 0 radical (unpaired) electrons. The second-order valence-corrected chi connectivity index (χ2v) is 1.01. The number of aromatic nitrogens is 2. The molecule has 1 rings (SSSR count). The normalized spacial score (nSPS) is 7.43. The van der Waals surface area contributed by atoms with E-state index in [1.54, 1.807) is 12.4 Å². The van der Waals surface area contributed by atoms with Gasteiger partial charge in [0, 0.05) is 12.4 Å². The van der Waals surface area contributed by atoms with E-state index in [9.17, 15) is 0 Å². The molecule has 1 heterocycles. The average molecular weight is 96.9 g/mol. The van der Waals surface area contributed by atoms with E-state index in [1.165, 1.54) is 11.0 Å². The Morgan fingerprint density at radius 1 is 1.57 bits per heavy atom. The lowest BCUT2D eigenvalue weighted by atomic mass is 10.8. The highest BCUT2D eigenvalue weighted by Gasteiger charge is 1.69. The molecular formula is C3H8BN3. The number of imidazole rings is 1. The summed E-state index contributed by atoms with van der Waals surface area (Å²) < 4.78 is 1.39. The Bertz CT molecular complexity index is 114. The van der Waals surface area contributed by atoms with Crippen molar-refractivity contribution in [3.63, 3.8) is 0 Å². The van der Waals surface area contributed by atoms with Gasteiger partial charge >= 0.3 is 0 Å². The fraction of sp³-hybridized carbons (Fsp3) is 0. The van der Waals surface area contributed by atoms with Crippen LogP contribution in [-0.2, 0) is 0 Å². The summed E-state index contributed by atoms with van der Waals surface area (Å²) in [5, 5.41) is 0. The summed E-state index contributed by atoms with van der Waals surface area (Å²) in [7, 11) is 0. The van der Waals surface area contributed by atoms with Crippen LogP contribution in [0, 0.1) is 0 Å². The molecule has 0 unspecified atom stereocenters. The monoisotopic (exact) mass is 97.1 g/mol. The zero-order valence-electron chi connectivity index (χ0n) is 3.20. The Hall–Kier alpha value is -0.925. The molecule has 0 saturated heterocycles. The van der Waals surface area contributed by atoms with E-state index in [2.05, 4.69) is 4.98 Å². The zero-order valence-corrected chi connectivity index (χ0v) is 3.20.